The number of nitrogens with zero attached hydrogens (tertiary/aromatic N) is 3. The smallest absolute Gasteiger partial charge is 0.308 e. The monoisotopic (exact) mass is 529 g/mol. The summed E-state index contributed by atoms with van der Waals surface area (Å²) < 4.78 is 5.70. The molecule has 0 aliphatic carbocycles. The van der Waals surface area contributed by atoms with Gasteiger partial charge in [0, 0.05) is 38.0 Å². The van der Waals surface area contributed by atoms with Gasteiger partial charge in [0.15, 0.2) is 0 Å². The third-order valence-electron chi connectivity index (χ3n) is 8.37. The minimum Gasteiger partial charge on any atom is -0.493 e. The molecule has 2 aliphatic heterocycles. The van der Waals surface area contributed by atoms with Gasteiger partial charge in [-0.2, -0.15) is 0 Å². The summed E-state index contributed by atoms with van der Waals surface area (Å²) in [6, 6.07) is 6.01. The van der Waals surface area contributed by atoms with Gasteiger partial charge in [0.1, 0.15) is 5.75 Å². The Bertz CT molecular complexity index is 932. The first kappa shape index (κ1) is 30.4. The SMILES string of the molecule is CCCCN(CCCN(C)C)C(=O)CN1CC(c2ccc3c(c2)CCO3)C(C(=O)O)C1CC(C)(C)CCC. The lowest BCUT2D eigenvalue weighted by Crippen LogP contribution is -2.46. The van der Waals surface area contributed by atoms with Crippen molar-refractivity contribution in [1.82, 2.24) is 14.7 Å². The predicted octanol–water partition coefficient (Wildman–Crippen LogP) is 4.89. The number of aliphatic carboxylic acids is 1. The first-order valence-electron chi connectivity index (χ1n) is 14.7. The number of carboxylic acid groups (broad SMARTS) is 1. The van der Waals surface area contributed by atoms with Gasteiger partial charge in [0.25, 0.3) is 0 Å². The van der Waals surface area contributed by atoms with Crippen LogP contribution in [0.1, 0.15) is 83.3 Å². The number of likely N-dealkylation sites (tertiary alicyclic amines) is 1. The molecular formula is C31H51N3O4. The van der Waals surface area contributed by atoms with Gasteiger partial charge in [-0.3, -0.25) is 14.5 Å². The first-order chi connectivity index (χ1) is 18.1. The first-order valence-corrected chi connectivity index (χ1v) is 14.7. The summed E-state index contributed by atoms with van der Waals surface area (Å²) in [6.07, 6.45) is 6.69. The van der Waals surface area contributed by atoms with Crippen LogP contribution in [0.2, 0.25) is 0 Å². The quantitative estimate of drug-likeness (QED) is 0.349. The number of rotatable bonds is 15. The van der Waals surface area contributed by atoms with Crippen molar-refractivity contribution in [2.24, 2.45) is 11.3 Å². The number of fused-ring (bicyclic) bond motifs is 1. The maximum atomic E-state index is 13.7. The lowest BCUT2D eigenvalue weighted by molar-refractivity contribution is -0.144. The van der Waals surface area contributed by atoms with Crippen LogP contribution in [0.25, 0.3) is 0 Å². The van der Waals surface area contributed by atoms with Crippen LogP contribution in [0.4, 0.5) is 0 Å². The molecule has 0 saturated carbocycles. The summed E-state index contributed by atoms with van der Waals surface area (Å²) in [4.78, 5) is 32.9. The molecule has 1 amide bonds. The summed E-state index contributed by atoms with van der Waals surface area (Å²) in [6.45, 7) is 12.8. The molecule has 2 aliphatic rings. The van der Waals surface area contributed by atoms with Crippen molar-refractivity contribution < 1.29 is 19.4 Å². The number of hydrogen-bond donors (Lipinski definition) is 1. The van der Waals surface area contributed by atoms with Crippen LogP contribution in [-0.2, 0) is 16.0 Å². The van der Waals surface area contributed by atoms with E-state index in [0.29, 0.717) is 13.2 Å². The Morgan fingerprint density at radius 3 is 2.50 bits per heavy atom. The van der Waals surface area contributed by atoms with E-state index < -0.39 is 11.9 Å². The molecular weight excluding hydrogens is 478 g/mol. The van der Waals surface area contributed by atoms with E-state index >= 15 is 0 Å². The molecule has 1 fully saturated rings. The molecule has 0 spiro atoms. The average molecular weight is 530 g/mol. The zero-order chi connectivity index (χ0) is 27.9. The fourth-order valence-electron chi connectivity index (χ4n) is 6.43. The molecule has 3 unspecified atom stereocenters. The minimum atomic E-state index is -0.757. The van der Waals surface area contributed by atoms with Crippen LogP contribution in [0.15, 0.2) is 18.2 Å². The molecule has 214 valence electrons. The van der Waals surface area contributed by atoms with Gasteiger partial charge >= 0.3 is 5.97 Å². The standard InChI is InChI=1S/C31H51N3O4/c1-7-9-16-33(17-10-15-32(5)6)28(35)22-34-21-25(23-11-12-27-24(19-23)13-18-38-27)29(30(36)37)26(34)20-31(3,4)14-8-2/h11-12,19,25-26,29H,7-10,13-18,20-22H2,1-6H3,(H,36,37). The van der Waals surface area contributed by atoms with Crippen LogP contribution >= 0.6 is 0 Å². The number of hydrogen-bond acceptors (Lipinski definition) is 5. The molecule has 38 heavy (non-hydrogen) atoms. The molecule has 0 radical (unpaired) electrons. The van der Waals surface area contributed by atoms with Crippen LogP contribution in [0, 0.1) is 11.3 Å². The molecule has 1 saturated heterocycles. The second-order valence-corrected chi connectivity index (χ2v) is 12.4. The van der Waals surface area contributed by atoms with Crippen LogP contribution in [0.3, 0.4) is 0 Å². The number of carbonyl (C=O) groups excluding carboxylic acids is 1. The van der Waals surface area contributed by atoms with Crippen molar-refractivity contribution in [3.8, 4) is 5.75 Å². The van der Waals surface area contributed by atoms with E-state index in [9.17, 15) is 14.7 Å². The summed E-state index contributed by atoms with van der Waals surface area (Å²) in [5.74, 6) is -0.408. The average Bonchev–Trinajstić information content (AvgIpc) is 3.44. The second-order valence-electron chi connectivity index (χ2n) is 12.4. The lowest BCUT2D eigenvalue weighted by Gasteiger charge is -2.35. The van der Waals surface area contributed by atoms with E-state index in [1.54, 1.807) is 0 Å². The topological polar surface area (TPSA) is 73.3 Å². The van der Waals surface area contributed by atoms with Crippen molar-refractivity contribution in [3.05, 3.63) is 29.3 Å². The summed E-state index contributed by atoms with van der Waals surface area (Å²) in [7, 11) is 4.12. The fourth-order valence-corrected chi connectivity index (χ4v) is 6.43. The molecule has 0 aromatic heterocycles. The van der Waals surface area contributed by atoms with Crippen molar-refractivity contribution >= 4 is 11.9 Å². The zero-order valence-corrected chi connectivity index (χ0v) is 24.7. The number of amides is 1. The van der Waals surface area contributed by atoms with Gasteiger partial charge < -0.3 is 19.6 Å². The largest absolute Gasteiger partial charge is 0.493 e. The van der Waals surface area contributed by atoms with Crippen LogP contribution in [-0.4, -0.2) is 91.2 Å². The Labute approximate surface area is 230 Å². The van der Waals surface area contributed by atoms with E-state index in [4.69, 9.17) is 4.74 Å². The predicted molar refractivity (Wildman–Crippen MR) is 153 cm³/mol. The third kappa shape index (κ3) is 7.95. The maximum absolute atomic E-state index is 13.7. The molecule has 7 heteroatoms. The Morgan fingerprint density at radius 2 is 1.84 bits per heavy atom. The minimum absolute atomic E-state index is 0.00267. The molecule has 2 heterocycles. The number of carbonyl (C=O) groups is 2. The maximum Gasteiger partial charge on any atom is 0.308 e. The van der Waals surface area contributed by atoms with Crippen molar-refractivity contribution in [3.63, 3.8) is 0 Å². The molecule has 1 aromatic carbocycles. The second kappa shape index (κ2) is 13.8. The summed E-state index contributed by atoms with van der Waals surface area (Å²) >= 11 is 0. The molecule has 7 nitrogen and oxygen atoms in total. The number of benzene rings is 1. The third-order valence-corrected chi connectivity index (χ3v) is 8.37. The van der Waals surface area contributed by atoms with E-state index in [2.05, 4.69) is 57.7 Å². The van der Waals surface area contributed by atoms with Gasteiger partial charge in [-0.25, -0.2) is 0 Å². The Balaban J connectivity index is 1.87. The highest BCUT2D eigenvalue weighted by atomic mass is 16.5. The van der Waals surface area contributed by atoms with E-state index in [-0.39, 0.29) is 29.8 Å². The van der Waals surface area contributed by atoms with Gasteiger partial charge in [-0.1, -0.05) is 52.7 Å². The summed E-state index contributed by atoms with van der Waals surface area (Å²) in [5.41, 5.74) is 2.22. The van der Waals surface area contributed by atoms with Crippen LogP contribution < -0.4 is 4.74 Å². The number of carboxylic acids is 1. The highest BCUT2D eigenvalue weighted by molar-refractivity contribution is 5.79. The van der Waals surface area contributed by atoms with Crippen LogP contribution in [0.5, 0.6) is 5.75 Å². The van der Waals surface area contributed by atoms with Gasteiger partial charge in [-0.05, 0) is 68.9 Å². The number of unbranched alkanes of at least 4 members (excludes halogenated alkanes) is 1. The normalized spacial score (nSPS) is 21.5. The molecule has 1 aromatic rings. The Kier molecular flexibility index (Phi) is 11.0. The Morgan fingerprint density at radius 1 is 1.11 bits per heavy atom. The zero-order valence-electron chi connectivity index (χ0n) is 24.7. The highest BCUT2D eigenvalue weighted by Gasteiger charge is 2.48. The van der Waals surface area contributed by atoms with E-state index in [1.165, 1.54) is 0 Å². The van der Waals surface area contributed by atoms with Gasteiger partial charge in [0.05, 0.1) is 19.1 Å². The Hall–Kier alpha value is -2.12. The molecule has 3 atom stereocenters. The molecule has 0 bridgehead atoms. The lowest BCUT2D eigenvalue weighted by atomic mass is 9.76. The fraction of sp³-hybridized carbons (Fsp3) is 0.742. The van der Waals surface area contributed by atoms with E-state index in [1.807, 2.05) is 17.0 Å². The molecule has 3 rings (SSSR count). The van der Waals surface area contributed by atoms with Crippen molar-refractivity contribution in [1.29, 1.82) is 0 Å². The van der Waals surface area contributed by atoms with Crippen molar-refractivity contribution in [2.75, 3.05) is 53.4 Å². The number of ether oxygens (including phenoxy) is 1. The highest BCUT2D eigenvalue weighted by Crippen LogP contribution is 2.44. The van der Waals surface area contributed by atoms with Crippen molar-refractivity contribution in [2.45, 2.75) is 84.6 Å². The van der Waals surface area contributed by atoms with Gasteiger partial charge in [-0.15, -0.1) is 0 Å². The summed E-state index contributed by atoms with van der Waals surface area (Å²) in [5, 5.41) is 10.5. The van der Waals surface area contributed by atoms with Gasteiger partial charge in [0.2, 0.25) is 5.91 Å². The van der Waals surface area contributed by atoms with E-state index in [0.717, 1.165) is 81.5 Å². The molecule has 1 N–H and O–H groups in total.